The van der Waals surface area contributed by atoms with Gasteiger partial charge < -0.3 is 9.73 Å². The molecular weight excluding hydrogens is 445 g/mol. The fourth-order valence-corrected chi connectivity index (χ4v) is 4.53. The minimum Gasteiger partial charge on any atom is -0.441 e. The van der Waals surface area contributed by atoms with Gasteiger partial charge in [0.1, 0.15) is 17.3 Å². The average molecular weight is 466 g/mol. The van der Waals surface area contributed by atoms with E-state index in [-0.39, 0.29) is 22.4 Å². The molecule has 9 heteroatoms. The molecule has 33 heavy (non-hydrogen) atoms. The van der Waals surface area contributed by atoms with Gasteiger partial charge >= 0.3 is 0 Å². The topological polar surface area (TPSA) is 102 Å². The fourth-order valence-electron chi connectivity index (χ4n) is 3.16. The van der Waals surface area contributed by atoms with E-state index in [4.69, 9.17) is 4.42 Å². The predicted molar refractivity (Wildman–Crippen MR) is 119 cm³/mol. The van der Waals surface area contributed by atoms with Gasteiger partial charge in [0.15, 0.2) is 9.84 Å². The number of aryl methyl sites for hydroxylation is 1. The van der Waals surface area contributed by atoms with Gasteiger partial charge in [-0.25, -0.2) is 17.8 Å². The Hall–Kier alpha value is -3.85. The summed E-state index contributed by atoms with van der Waals surface area (Å²) in [6, 6.07) is 15.1. The Labute approximate surface area is 190 Å². The number of pyridine rings is 1. The van der Waals surface area contributed by atoms with Gasteiger partial charge in [-0.05, 0) is 61.0 Å². The third-order valence-corrected chi connectivity index (χ3v) is 6.57. The predicted octanol–water partition coefficient (Wildman–Crippen LogP) is 4.09. The highest BCUT2D eigenvalue weighted by molar-refractivity contribution is 7.90. The molecule has 0 unspecified atom stereocenters. The summed E-state index contributed by atoms with van der Waals surface area (Å²) >= 11 is 0. The summed E-state index contributed by atoms with van der Waals surface area (Å²) in [5, 5.41) is 2.82. The van der Waals surface area contributed by atoms with Gasteiger partial charge in [0, 0.05) is 30.1 Å². The van der Waals surface area contributed by atoms with Gasteiger partial charge in [0.05, 0.1) is 10.6 Å². The third kappa shape index (κ3) is 5.32. The van der Waals surface area contributed by atoms with Crippen LogP contribution in [0.5, 0.6) is 0 Å². The molecule has 168 valence electrons. The molecule has 0 fully saturated rings. The van der Waals surface area contributed by atoms with Gasteiger partial charge in [-0.2, -0.15) is 0 Å². The molecule has 1 N–H and O–H groups in total. The van der Waals surface area contributed by atoms with Gasteiger partial charge in [-0.15, -0.1) is 0 Å². The van der Waals surface area contributed by atoms with Crippen LogP contribution in [-0.2, 0) is 22.1 Å². The van der Waals surface area contributed by atoms with Crippen LogP contribution >= 0.6 is 0 Å². The van der Waals surface area contributed by atoms with E-state index in [1.165, 1.54) is 18.2 Å². The molecule has 0 saturated heterocycles. The summed E-state index contributed by atoms with van der Waals surface area (Å²) in [6.45, 7) is 1.98. The first-order valence-corrected chi connectivity index (χ1v) is 11.7. The van der Waals surface area contributed by atoms with Crippen LogP contribution in [0.3, 0.4) is 0 Å². The summed E-state index contributed by atoms with van der Waals surface area (Å²) in [5.41, 5.74) is 2.18. The third-order valence-electron chi connectivity index (χ3n) is 4.94. The lowest BCUT2D eigenvalue weighted by Gasteiger charge is -2.05. The Bertz CT molecular complexity index is 1380. The zero-order valence-electron chi connectivity index (χ0n) is 17.7. The van der Waals surface area contributed by atoms with E-state index in [1.54, 1.807) is 49.6 Å². The standard InChI is InChI=1S/C24H20FN3O4S/c1-16-22(15-33(30,31)21-6-2-5-20(25)12-21)28-24(32-16)19-9-7-18(8-10-19)23(29)27-14-17-4-3-11-26-13-17/h2-13H,14-15H2,1H3,(H,27,29). The molecule has 4 rings (SSSR count). The number of rotatable bonds is 7. The van der Waals surface area contributed by atoms with E-state index in [9.17, 15) is 17.6 Å². The van der Waals surface area contributed by atoms with Crippen molar-refractivity contribution >= 4 is 15.7 Å². The molecule has 0 aliphatic heterocycles. The molecule has 0 spiro atoms. The van der Waals surface area contributed by atoms with E-state index in [0.29, 0.717) is 23.4 Å². The van der Waals surface area contributed by atoms with Crippen molar-refractivity contribution in [2.24, 2.45) is 0 Å². The Morgan fingerprint density at radius 3 is 2.58 bits per heavy atom. The second kappa shape index (κ2) is 9.33. The number of halogens is 1. The summed E-state index contributed by atoms with van der Waals surface area (Å²) in [5.74, 6) is -0.697. The highest BCUT2D eigenvalue weighted by Gasteiger charge is 2.21. The number of oxazole rings is 1. The zero-order valence-corrected chi connectivity index (χ0v) is 18.5. The molecule has 2 heterocycles. The number of carbonyl (C=O) groups is 1. The van der Waals surface area contributed by atoms with Crippen LogP contribution in [0.25, 0.3) is 11.5 Å². The van der Waals surface area contributed by atoms with Crippen molar-refractivity contribution in [2.75, 3.05) is 0 Å². The van der Waals surface area contributed by atoms with Crippen molar-refractivity contribution in [1.29, 1.82) is 0 Å². The number of benzene rings is 2. The maximum atomic E-state index is 13.4. The summed E-state index contributed by atoms with van der Waals surface area (Å²) < 4.78 is 44.4. The van der Waals surface area contributed by atoms with E-state index < -0.39 is 21.4 Å². The Morgan fingerprint density at radius 2 is 1.88 bits per heavy atom. The van der Waals surface area contributed by atoms with Crippen LogP contribution in [0.4, 0.5) is 4.39 Å². The molecular formula is C24H20FN3O4S. The SMILES string of the molecule is Cc1oc(-c2ccc(C(=O)NCc3cccnc3)cc2)nc1CS(=O)(=O)c1cccc(F)c1. The van der Waals surface area contributed by atoms with Crippen LogP contribution in [0, 0.1) is 12.7 Å². The first-order valence-electron chi connectivity index (χ1n) is 10.0. The lowest BCUT2D eigenvalue weighted by molar-refractivity contribution is 0.0951. The van der Waals surface area contributed by atoms with Crippen LogP contribution in [-0.4, -0.2) is 24.3 Å². The summed E-state index contributed by atoms with van der Waals surface area (Å²) in [7, 11) is -3.79. The van der Waals surface area contributed by atoms with Crippen molar-refractivity contribution in [3.8, 4) is 11.5 Å². The largest absolute Gasteiger partial charge is 0.441 e. The molecule has 4 aromatic rings. The van der Waals surface area contributed by atoms with Crippen molar-refractivity contribution < 1.29 is 22.0 Å². The maximum absolute atomic E-state index is 13.4. The molecule has 0 aliphatic carbocycles. The molecule has 7 nitrogen and oxygen atoms in total. The van der Waals surface area contributed by atoms with Crippen molar-refractivity contribution in [1.82, 2.24) is 15.3 Å². The molecule has 0 aliphatic rings. The van der Waals surface area contributed by atoms with E-state index in [2.05, 4.69) is 15.3 Å². The zero-order chi connectivity index (χ0) is 23.4. The number of amides is 1. The van der Waals surface area contributed by atoms with Gasteiger partial charge in [0.25, 0.3) is 5.91 Å². The van der Waals surface area contributed by atoms with Crippen molar-refractivity contribution in [3.05, 3.63) is 101 Å². The molecule has 2 aromatic heterocycles. The number of hydrogen-bond donors (Lipinski definition) is 1. The minimum absolute atomic E-state index is 0.118. The lowest BCUT2D eigenvalue weighted by Crippen LogP contribution is -2.22. The number of hydrogen-bond acceptors (Lipinski definition) is 6. The lowest BCUT2D eigenvalue weighted by atomic mass is 10.1. The fraction of sp³-hybridized carbons (Fsp3) is 0.125. The molecule has 0 saturated carbocycles. The molecule has 0 bridgehead atoms. The number of nitrogens with one attached hydrogen (secondary N) is 1. The number of sulfone groups is 1. The number of aromatic nitrogens is 2. The molecule has 0 radical (unpaired) electrons. The smallest absolute Gasteiger partial charge is 0.251 e. The molecule has 2 aromatic carbocycles. The first-order chi connectivity index (χ1) is 15.8. The van der Waals surface area contributed by atoms with Gasteiger partial charge in [-0.1, -0.05) is 12.1 Å². The normalized spacial score (nSPS) is 11.3. The Kier molecular flexibility index (Phi) is 6.32. The Balaban J connectivity index is 1.47. The number of carbonyl (C=O) groups excluding carboxylic acids is 1. The second-order valence-electron chi connectivity index (χ2n) is 7.36. The highest BCUT2D eigenvalue weighted by Crippen LogP contribution is 2.25. The summed E-state index contributed by atoms with van der Waals surface area (Å²) in [6.07, 6.45) is 3.34. The molecule has 0 atom stereocenters. The van der Waals surface area contributed by atoms with Crippen LogP contribution in [0.1, 0.15) is 27.4 Å². The van der Waals surface area contributed by atoms with Crippen LogP contribution in [0.15, 0.2) is 82.4 Å². The Morgan fingerprint density at radius 1 is 1.09 bits per heavy atom. The number of nitrogens with zero attached hydrogens (tertiary/aromatic N) is 2. The monoisotopic (exact) mass is 465 g/mol. The summed E-state index contributed by atoms with van der Waals surface area (Å²) in [4.78, 5) is 20.6. The second-order valence-corrected chi connectivity index (χ2v) is 9.35. The van der Waals surface area contributed by atoms with E-state index in [1.807, 2.05) is 6.07 Å². The van der Waals surface area contributed by atoms with Crippen LogP contribution < -0.4 is 5.32 Å². The average Bonchev–Trinajstić information content (AvgIpc) is 3.17. The van der Waals surface area contributed by atoms with E-state index in [0.717, 1.165) is 11.6 Å². The van der Waals surface area contributed by atoms with Crippen molar-refractivity contribution in [2.45, 2.75) is 24.1 Å². The van der Waals surface area contributed by atoms with Crippen LogP contribution in [0.2, 0.25) is 0 Å². The quantitative estimate of drug-likeness (QED) is 0.441. The first kappa shape index (κ1) is 22.3. The molecule has 1 amide bonds. The maximum Gasteiger partial charge on any atom is 0.251 e. The highest BCUT2D eigenvalue weighted by atomic mass is 32.2. The van der Waals surface area contributed by atoms with Gasteiger partial charge in [0.2, 0.25) is 5.89 Å². The van der Waals surface area contributed by atoms with E-state index >= 15 is 0 Å². The minimum atomic E-state index is -3.79. The van der Waals surface area contributed by atoms with Gasteiger partial charge in [-0.3, -0.25) is 9.78 Å². The van der Waals surface area contributed by atoms with Crippen molar-refractivity contribution in [3.63, 3.8) is 0 Å².